The van der Waals surface area contributed by atoms with Gasteiger partial charge in [0.15, 0.2) is 5.96 Å². The lowest BCUT2D eigenvalue weighted by molar-refractivity contribution is 0.163. The Hall–Kier alpha value is -1.81. The predicted octanol–water partition coefficient (Wildman–Crippen LogP) is 3.83. The van der Waals surface area contributed by atoms with Crippen LogP contribution < -0.4 is 10.2 Å². The van der Waals surface area contributed by atoms with Gasteiger partial charge in [-0.1, -0.05) is 12.1 Å². The molecular weight excluding hydrogens is 527 g/mol. The first kappa shape index (κ1) is 25.8. The number of guanidine groups is 1. The summed E-state index contributed by atoms with van der Waals surface area (Å²) in [6.07, 6.45) is 2.40. The predicted molar refractivity (Wildman–Crippen MR) is 146 cm³/mol. The molecule has 0 spiro atoms. The Labute approximate surface area is 215 Å². The molecule has 2 aromatic rings. The molecule has 2 fully saturated rings. The van der Waals surface area contributed by atoms with Gasteiger partial charge in [0.05, 0.1) is 12.2 Å². The highest BCUT2D eigenvalue weighted by molar-refractivity contribution is 14.0. The summed E-state index contributed by atoms with van der Waals surface area (Å²) in [5.41, 5.74) is 3.65. The largest absolute Gasteiger partial charge is 0.444 e. The van der Waals surface area contributed by atoms with Gasteiger partial charge in [0.2, 0.25) is 5.89 Å². The summed E-state index contributed by atoms with van der Waals surface area (Å²) in [5, 5.41) is 3.66. The molecule has 2 aliphatic rings. The summed E-state index contributed by atoms with van der Waals surface area (Å²) in [6, 6.07) is 8.80. The van der Waals surface area contributed by atoms with E-state index in [1.807, 2.05) is 20.9 Å². The fourth-order valence-electron chi connectivity index (χ4n) is 4.72. The number of rotatable bonds is 5. The van der Waals surface area contributed by atoms with Crippen LogP contribution >= 0.6 is 24.0 Å². The number of hydrogen-bond donors (Lipinski definition) is 1. The van der Waals surface area contributed by atoms with E-state index in [2.05, 4.69) is 61.2 Å². The number of aryl methyl sites for hydroxylation is 3. The molecule has 0 radical (unpaired) electrons. The maximum Gasteiger partial charge on any atom is 0.208 e. The summed E-state index contributed by atoms with van der Waals surface area (Å²) >= 11 is 0. The lowest BCUT2D eigenvalue weighted by atomic mass is 9.97. The van der Waals surface area contributed by atoms with Crippen molar-refractivity contribution >= 4 is 35.6 Å². The number of piperidine rings is 1. The minimum absolute atomic E-state index is 0. The van der Waals surface area contributed by atoms with E-state index in [0.29, 0.717) is 5.92 Å². The lowest BCUT2D eigenvalue weighted by Crippen LogP contribution is -2.53. The molecule has 8 heteroatoms. The van der Waals surface area contributed by atoms with E-state index in [1.165, 1.54) is 24.1 Å². The monoisotopic (exact) mass is 566 g/mol. The molecule has 182 valence electrons. The number of hydrogen-bond acceptors (Lipinski definition) is 5. The molecule has 0 aliphatic carbocycles. The minimum Gasteiger partial charge on any atom is -0.444 e. The van der Waals surface area contributed by atoms with E-state index >= 15 is 0 Å². The molecule has 0 atom stereocenters. The number of aromatic nitrogens is 1. The van der Waals surface area contributed by atoms with Gasteiger partial charge in [0.25, 0.3) is 0 Å². The fraction of sp³-hybridized carbons (Fsp3) is 0.600. The third-order valence-electron chi connectivity index (χ3n) is 6.85. The third-order valence-corrected chi connectivity index (χ3v) is 6.85. The van der Waals surface area contributed by atoms with E-state index < -0.39 is 0 Å². The Morgan fingerprint density at radius 3 is 2.42 bits per heavy atom. The lowest BCUT2D eigenvalue weighted by Gasteiger charge is -2.38. The SMILES string of the molecule is CN=C(NCC1CCN(Cc2nc(C)c(C)o2)CC1)N1CCN(c2cccc(C)c2)CC1.I. The minimum atomic E-state index is 0. The average molecular weight is 567 g/mol. The maximum absolute atomic E-state index is 5.76. The number of nitrogens with one attached hydrogen (secondary N) is 1. The van der Waals surface area contributed by atoms with Crippen LogP contribution in [0, 0.1) is 26.7 Å². The number of oxazole rings is 1. The number of aliphatic imine (C=N–C) groups is 1. The summed E-state index contributed by atoms with van der Waals surface area (Å²) in [7, 11) is 1.90. The number of anilines is 1. The quantitative estimate of drug-likeness (QED) is 0.338. The topological polar surface area (TPSA) is 60.1 Å². The standard InChI is InChI=1S/C25H38N6O.HI/c1-19-6-5-7-23(16-19)30-12-14-31(15-13-30)25(26-4)27-17-22-8-10-29(11-9-22)18-24-28-20(2)21(3)32-24;/h5-7,16,22H,8-15,17-18H2,1-4H3,(H,26,27);1H. The Morgan fingerprint density at radius 1 is 1.09 bits per heavy atom. The highest BCUT2D eigenvalue weighted by atomic mass is 127. The first-order valence-corrected chi connectivity index (χ1v) is 11.9. The van der Waals surface area contributed by atoms with Crippen molar-refractivity contribution in [2.24, 2.45) is 10.9 Å². The molecule has 0 unspecified atom stereocenters. The van der Waals surface area contributed by atoms with Crippen molar-refractivity contribution in [2.45, 2.75) is 40.2 Å². The van der Waals surface area contributed by atoms with Crippen LogP contribution in [-0.4, -0.2) is 73.6 Å². The van der Waals surface area contributed by atoms with Crippen LogP contribution in [0.1, 0.15) is 35.7 Å². The smallest absolute Gasteiger partial charge is 0.208 e. The van der Waals surface area contributed by atoms with Crippen molar-refractivity contribution in [1.82, 2.24) is 20.1 Å². The Morgan fingerprint density at radius 2 is 1.82 bits per heavy atom. The zero-order valence-corrected chi connectivity index (χ0v) is 22.8. The highest BCUT2D eigenvalue weighted by Gasteiger charge is 2.23. The number of piperazine rings is 1. The van der Waals surface area contributed by atoms with Gasteiger partial charge in [-0.2, -0.15) is 0 Å². The number of likely N-dealkylation sites (tertiary alicyclic amines) is 1. The summed E-state index contributed by atoms with van der Waals surface area (Å²) in [6.45, 7) is 14.2. The molecule has 2 saturated heterocycles. The molecule has 0 amide bonds. The second-order valence-corrected chi connectivity index (χ2v) is 9.21. The fourth-order valence-corrected chi connectivity index (χ4v) is 4.72. The van der Waals surface area contributed by atoms with Gasteiger partial charge in [-0.05, 0) is 70.3 Å². The van der Waals surface area contributed by atoms with Crippen molar-refractivity contribution < 1.29 is 4.42 Å². The van der Waals surface area contributed by atoms with E-state index in [9.17, 15) is 0 Å². The van der Waals surface area contributed by atoms with E-state index in [1.54, 1.807) is 0 Å². The van der Waals surface area contributed by atoms with Crippen molar-refractivity contribution in [2.75, 3.05) is 57.8 Å². The van der Waals surface area contributed by atoms with Crippen LogP contribution in [0.5, 0.6) is 0 Å². The highest BCUT2D eigenvalue weighted by Crippen LogP contribution is 2.20. The zero-order valence-electron chi connectivity index (χ0n) is 20.5. The van der Waals surface area contributed by atoms with Gasteiger partial charge in [-0.15, -0.1) is 24.0 Å². The van der Waals surface area contributed by atoms with Crippen molar-refractivity contribution in [3.8, 4) is 0 Å². The molecule has 0 saturated carbocycles. The first-order chi connectivity index (χ1) is 15.5. The molecular formula is C25H39IN6O. The van der Waals surface area contributed by atoms with Gasteiger partial charge >= 0.3 is 0 Å². The van der Waals surface area contributed by atoms with Crippen LogP contribution in [0.2, 0.25) is 0 Å². The van der Waals surface area contributed by atoms with Crippen LogP contribution in [0.25, 0.3) is 0 Å². The van der Waals surface area contributed by atoms with Crippen molar-refractivity contribution in [3.05, 3.63) is 47.2 Å². The van der Waals surface area contributed by atoms with Gasteiger partial charge < -0.3 is 19.5 Å². The Bertz CT molecular complexity index is 894. The molecule has 1 aromatic heterocycles. The molecule has 4 rings (SSSR count). The van der Waals surface area contributed by atoms with Gasteiger partial charge in [-0.25, -0.2) is 4.98 Å². The number of benzene rings is 1. The third kappa shape index (κ3) is 6.85. The van der Waals surface area contributed by atoms with Gasteiger partial charge in [0.1, 0.15) is 5.76 Å². The summed E-state index contributed by atoms with van der Waals surface area (Å²) < 4.78 is 5.76. The molecule has 1 aromatic carbocycles. The Kier molecular flexibility index (Phi) is 9.43. The first-order valence-electron chi connectivity index (χ1n) is 11.9. The number of nitrogens with zero attached hydrogens (tertiary/aromatic N) is 5. The molecule has 0 bridgehead atoms. The second kappa shape index (κ2) is 12.1. The van der Waals surface area contributed by atoms with Gasteiger partial charge in [-0.3, -0.25) is 9.89 Å². The van der Waals surface area contributed by atoms with Crippen LogP contribution in [0.15, 0.2) is 33.7 Å². The zero-order chi connectivity index (χ0) is 22.5. The van der Waals surface area contributed by atoms with Crippen LogP contribution in [-0.2, 0) is 6.54 Å². The molecule has 33 heavy (non-hydrogen) atoms. The number of halogens is 1. The molecule has 2 aliphatic heterocycles. The normalized spacial score (nSPS) is 18.4. The van der Waals surface area contributed by atoms with E-state index in [-0.39, 0.29) is 24.0 Å². The average Bonchev–Trinajstić information content (AvgIpc) is 3.12. The van der Waals surface area contributed by atoms with E-state index in [0.717, 1.165) is 75.7 Å². The Balaban J connectivity index is 0.00000306. The van der Waals surface area contributed by atoms with Gasteiger partial charge in [0, 0.05) is 45.5 Å². The molecule has 1 N–H and O–H groups in total. The van der Waals surface area contributed by atoms with E-state index in [4.69, 9.17) is 4.42 Å². The van der Waals surface area contributed by atoms with Crippen molar-refractivity contribution in [3.63, 3.8) is 0 Å². The summed E-state index contributed by atoms with van der Waals surface area (Å²) in [5.74, 6) is 3.51. The van der Waals surface area contributed by atoms with Crippen molar-refractivity contribution in [1.29, 1.82) is 0 Å². The molecule has 3 heterocycles. The molecule has 7 nitrogen and oxygen atoms in total. The summed E-state index contributed by atoms with van der Waals surface area (Å²) in [4.78, 5) is 16.4. The van der Waals surface area contributed by atoms with Crippen LogP contribution in [0.3, 0.4) is 0 Å². The maximum atomic E-state index is 5.76. The van der Waals surface area contributed by atoms with Crippen LogP contribution in [0.4, 0.5) is 5.69 Å². The second-order valence-electron chi connectivity index (χ2n) is 9.21.